The molecule has 43 heavy (non-hydrogen) atoms. The van der Waals surface area contributed by atoms with Crippen LogP contribution >= 0.6 is 0 Å². The molecule has 0 unspecified atom stereocenters. The summed E-state index contributed by atoms with van der Waals surface area (Å²) in [4.78, 5) is 79.0. The SMILES string of the molecule is COC(=O)C[C@@H](NC(=O)[C@@H]1CCCN1C(=O)[C@@H]1CCCN1C(=O)[C@H](COC(C)=O)NC(=O)OCc1ccccc1)[C@@H](C)O. The molecule has 0 aromatic heterocycles. The molecule has 0 spiro atoms. The Kier molecular flexibility index (Phi) is 12.3. The number of esters is 2. The van der Waals surface area contributed by atoms with Crippen LogP contribution in [0.15, 0.2) is 30.3 Å². The van der Waals surface area contributed by atoms with E-state index < -0.39 is 72.6 Å². The molecule has 0 radical (unpaired) electrons. The van der Waals surface area contributed by atoms with Crippen LogP contribution in [0.2, 0.25) is 0 Å². The van der Waals surface area contributed by atoms with Crippen LogP contribution in [-0.4, -0.2) is 108 Å². The molecular weight excluding hydrogens is 564 g/mol. The smallest absolute Gasteiger partial charge is 0.408 e. The minimum absolute atomic E-state index is 0.0417. The molecule has 1 aromatic carbocycles. The van der Waals surface area contributed by atoms with E-state index in [9.17, 15) is 33.9 Å². The van der Waals surface area contributed by atoms with E-state index >= 15 is 0 Å². The van der Waals surface area contributed by atoms with E-state index in [0.29, 0.717) is 25.7 Å². The Morgan fingerprint density at radius 2 is 1.60 bits per heavy atom. The molecular formula is C29H40N4O10. The molecule has 236 valence electrons. The Labute approximate surface area is 250 Å². The number of nitrogens with one attached hydrogen (secondary N) is 2. The first-order chi connectivity index (χ1) is 20.5. The number of methoxy groups -OCH3 is 1. The van der Waals surface area contributed by atoms with Crippen LogP contribution in [0.4, 0.5) is 4.79 Å². The Balaban J connectivity index is 1.68. The summed E-state index contributed by atoms with van der Waals surface area (Å²) in [5.41, 5.74) is 0.736. The van der Waals surface area contributed by atoms with Gasteiger partial charge in [0.2, 0.25) is 17.7 Å². The van der Waals surface area contributed by atoms with Gasteiger partial charge in [-0.15, -0.1) is 0 Å². The number of benzene rings is 1. The van der Waals surface area contributed by atoms with Crippen molar-refractivity contribution in [3.8, 4) is 0 Å². The number of aliphatic hydroxyl groups excluding tert-OH is 1. The summed E-state index contributed by atoms with van der Waals surface area (Å²) in [6.07, 6.45) is -0.417. The van der Waals surface area contributed by atoms with Gasteiger partial charge in [0.15, 0.2) is 0 Å². The van der Waals surface area contributed by atoms with Crippen LogP contribution in [-0.2, 0) is 44.8 Å². The second-order valence-electron chi connectivity index (χ2n) is 10.6. The van der Waals surface area contributed by atoms with Gasteiger partial charge >= 0.3 is 18.0 Å². The fraction of sp³-hybridized carbons (Fsp3) is 0.586. The van der Waals surface area contributed by atoms with Crippen molar-refractivity contribution in [3.63, 3.8) is 0 Å². The highest BCUT2D eigenvalue weighted by atomic mass is 16.6. The molecule has 2 saturated heterocycles. The van der Waals surface area contributed by atoms with Crippen molar-refractivity contribution >= 4 is 35.8 Å². The quantitative estimate of drug-likeness (QED) is 0.221. The normalized spacial score (nSPS) is 20.0. The lowest BCUT2D eigenvalue weighted by Gasteiger charge is -2.33. The lowest BCUT2D eigenvalue weighted by Crippen LogP contribution is -2.58. The number of hydrogen-bond donors (Lipinski definition) is 3. The van der Waals surface area contributed by atoms with Crippen molar-refractivity contribution in [1.29, 1.82) is 0 Å². The predicted octanol–water partition coefficient (Wildman–Crippen LogP) is 0.255. The minimum atomic E-state index is -1.30. The molecule has 3 rings (SSSR count). The van der Waals surface area contributed by atoms with Crippen molar-refractivity contribution in [1.82, 2.24) is 20.4 Å². The van der Waals surface area contributed by atoms with Crippen LogP contribution in [0.25, 0.3) is 0 Å². The van der Waals surface area contributed by atoms with Gasteiger partial charge in [0.25, 0.3) is 0 Å². The molecule has 2 aliphatic heterocycles. The molecule has 0 saturated carbocycles. The second kappa shape index (κ2) is 15.9. The van der Waals surface area contributed by atoms with E-state index in [1.165, 1.54) is 30.8 Å². The van der Waals surface area contributed by atoms with Gasteiger partial charge in [-0.2, -0.15) is 0 Å². The molecule has 4 amide bonds. The third-order valence-corrected chi connectivity index (χ3v) is 7.44. The molecule has 2 fully saturated rings. The number of likely N-dealkylation sites (tertiary alicyclic amines) is 2. The number of aliphatic hydroxyl groups is 1. The topological polar surface area (TPSA) is 181 Å². The summed E-state index contributed by atoms with van der Waals surface area (Å²) in [6, 6.07) is 4.97. The monoisotopic (exact) mass is 604 g/mol. The van der Waals surface area contributed by atoms with Crippen LogP contribution in [0, 0.1) is 0 Å². The Bertz CT molecular complexity index is 1160. The van der Waals surface area contributed by atoms with Crippen LogP contribution < -0.4 is 10.6 Å². The fourth-order valence-corrected chi connectivity index (χ4v) is 5.15. The van der Waals surface area contributed by atoms with Crippen LogP contribution in [0.1, 0.15) is 51.5 Å². The summed E-state index contributed by atoms with van der Waals surface area (Å²) in [5.74, 6) is -2.83. The number of alkyl carbamates (subject to hydrolysis) is 1. The summed E-state index contributed by atoms with van der Waals surface area (Å²) < 4.78 is 14.9. The maximum Gasteiger partial charge on any atom is 0.408 e. The number of rotatable bonds is 12. The maximum absolute atomic E-state index is 13.7. The summed E-state index contributed by atoms with van der Waals surface area (Å²) in [7, 11) is 1.20. The number of nitrogens with zero attached hydrogens (tertiary/aromatic N) is 2. The molecule has 0 bridgehead atoms. The highest BCUT2D eigenvalue weighted by Gasteiger charge is 2.44. The zero-order valence-electron chi connectivity index (χ0n) is 24.7. The first kappa shape index (κ1) is 33.3. The maximum atomic E-state index is 13.7. The lowest BCUT2D eigenvalue weighted by molar-refractivity contribution is -0.150. The number of amides is 4. The van der Waals surface area contributed by atoms with Gasteiger partial charge < -0.3 is 39.8 Å². The average molecular weight is 605 g/mol. The van der Waals surface area contributed by atoms with Gasteiger partial charge in [0.05, 0.1) is 25.7 Å². The van der Waals surface area contributed by atoms with Crippen LogP contribution in [0.3, 0.4) is 0 Å². The summed E-state index contributed by atoms with van der Waals surface area (Å²) in [5, 5.41) is 15.2. The van der Waals surface area contributed by atoms with E-state index in [4.69, 9.17) is 9.47 Å². The highest BCUT2D eigenvalue weighted by molar-refractivity contribution is 5.95. The van der Waals surface area contributed by atoms with Crippen LogP contribution in [0.5, 0.6) is 0 Å². The van der Waals surface area contributed by atoms with Crippen molar-refractivity contribution in [2.45, 2.75) is 82.8 Å². The zero-order chi connectivity index (χ0) is 31.5. The number of carbonyl (C=O) groups is 6. The van der Waals surface area contributed by atoms with Crippen molar-refractivity contribution in [2.24, 2.45) is 0 Å². The third kappa shape index (κ3) is 9.40. The number of carbonyl (C=O) groups excluding carboxylic acids is 6. The second-order valence-corrected chi connectivity index (χ2v) is 10.6. The standard InChI is InChI=1S/C29H40N4O10/c1-18(34)21(15-25(36)41-3)30-26(37)23-11-7-13-32(23)28(39)24-12-8-14-33(24)27(38)22(17-42-19(2)35)31-29(40)43-16-20-9-5-4-6-10-20/h4-6,9-10,18,21-24,34H,7-8,11-17H2,1-3H3,(H,30,37)(H,31,40)/t18-,21-,22+,23+,24+/m1/s1. The van der Waals surface area contributed by atoms with E-state index in [1.807, 2.05) is 6.07 Å². The fourth-order valence-electron chi connectivity index (χ4n) is 5.15. The highest BCUT2D eigenvalue weighted by Crippen LogP contribution is 2.26. The van der Waals surface area contributed by atoms with E-state index in [0.717, 1.165) is 5.56 Å². The van der Waals surface area contributed by atoms with E-state index in [2.05, 4.69) is 15.4 Å². The Morgan fingerprint density at radius 1 is 0.953 bits per heavy atom. The summed E-state index contributed by atoms with van der Waals surface area (Å²) in [6.45, 7) is 2.61. The van der Waals surface area contributed by atoms with E-state index in [-0.39, 0.29) is 26.1 Å². The van der Waals surface area contributed by atoms with Gasteiger partial charge in [-0.25, -0.2) is 4.79 Å². The first-order valence-corrected chi connectivity index (χ1v) is 14.3. The molecule has 3 N–H and O–H groups in total. The van der Waals surface area contributed by atoms with Gasteiger partial charge in [-0.1, -0.05) is 30.3 Å². The molecule has 2 heterocycles. The molecule has 1 aromatic rings. The average Bonchev–Trinajstić information content (AvgIpc) is 3.68. The lowest BCUT2D eigenvalue weighted by atomic mass is 10.1. The third-order valence-electron chi connectivity index (χ3n) is 7.44. The van der Waals surface area contributed by atoms with Crippen molar-refractivity contribution in [3.05, 3.63) is 35.9 Å². The Morgan fingerprint density at radius 3 is 2.23 bits per heavy atom. The zero-order valence-corrected chi connectivity index (χ0v) is 24.7. The van der Waals surface area contributed by atoms with Gasteiger partial charge in [0, 0.05) is 20.0 Å². The van der Waals surface area contributed by atoms with Crippen molar-refractivity contribution in [2.75, 3.05) is 26.8 Å². The Hall–Kier alpha value is -4.20. The molecule has 14 nitrogen and oxygen atoms in total. The molecule has 2 aliphatic rings. The van der Waals surface area contributed by atoms with Crippen molar-refractivity contribution < 1.29 is 48.1 Å². The number of hydrogen-bond acceptors (Lipinski definition) is 10. The van der Waals surface area contributed by atoms with Gasteiger partial charge in [0.1, 0.15) is 31.3 Å². The van der Waals surface area contributed by atoms with Gasteiger partial charge in [-0.3, -0.25) is 24.0 Å². The molecule has 5 atom stereocenters. The molecule has 14 heteroatoms. The largest absolute Gasteiger partial charge is 0.469 e. The van der Waals surface area contributed by atoms with E-state index in [1.54, 1.807) is 24.3 Å². The number of ether oxygens (including phenoxy) is 3. The van der Waals surface area contributed by atoms with Gasteiger partial charge in [-0.05, 0) is 38.2 Å². The molecule has 0 aliphatic carbocycles. The predicted molar refractivity (Wildman–Crippen MR) is 150 cm³/mol. The summed E-state index contributed by atoms with van der Waals surface area (Å²) >= 11 is 0. The first-order valence-electron chi connectivity index (χ1n) is 14.3. The minimum Gasteiger partial charge on any atom is -0.469 e.